The molecule has 4 aromatic rings. The summed E-state index contributed by atoms with van der Waals surface area (Å²) in [5.41, 5.74) is 15.1. The van der Waals surface area contributed by atoms with E-state index in [2.05, 4.69) is 111 Å². The second-order valence-electron chi connectivity index (χ2n) is 13.3. The average Bonchev–Trinajstić information content (AvgIpc) is 3.63. The molecule has 2 aliphatic carbocycles. The van der Waals surface area contributed by atoms with Crippen LogP contribution in [0.2, 0.25) is 8.26 Å². The van der Waals surface area contributed by atoms with Crippen LogP contribution in [0, 0.1) is 0 Å². The summed E-state index contributed by atoms with van der Waals surface area (Å²) in [6, 6.07) is 31.7. The fourth-order valence-electron chi connectivity index (χ4n) is 8.41. The number of benzene rings is 4. The topological polar surface area (TPSA) is 18.5 Å². The summed E-state index contributed by atoms with van der Waals surface area (Å²) in [6.45, 7) is 4.69. The van der Waals surface area contributed by atoms with Crippen molar-refractivity contribution in [3.05, 3.63) is 118 Å². The van der Waals surface area contributed by atoms with Crippen LogP contribution in [0.25, 0.3) is 34.4 Å². The Bertz CT molecular complexity index is 1630. The molecule has 3 aliphatic rings. The molecule has 1 fully saturated rings. The van der Waals surface area contributed by atoms with Gasteiger partial charge in [0.15, 0.2) is 0 Å². The second-order valence-corrected chi connectivity index (χ2v) is 24.7. The van der Waals surface area contributed by atoms with Gasteiger partial charge in [0, 0.05) is 0 Å². The maximum atomic E-state index is 5.49. The predicted molar refractivity (Wildman–Crippen MR) is 187 cm³/mol. The fourth-order valence-corrected chi connectivity index (χ4v) is 26.0. The van der Waals surface area contributed by atoms with Gasteiger partial charge in [0.1, 0.15) is 0 Å². The molecular formula is C42H46Cl2O2Zr. The molecule has 2 unspecified atom stereocenters. The number of methoxy groups -OCH3 is 2. The van der Waals surface area contributed by atoms with Crippen molar-refractivity contribution in [1.82, 2.24) is 0 Å². The summed E-state index contributed by atoms with van der Waals surface area (Å²) in [5.74, 6) is 1.83. The van der Waals surface area contributed by atoms with E-state index in [0.29, 0.717) is 7.25 Å². The summed E-state index contributed by atoms with van der Waals surface area (Å²) in [7, 11) is 3.49. The molecule has 0 aromatic heterocycles. The average molecular weight is 745 g/mol. The summed E-state index contributed by atoms with van der Waals surface area (Å²) in [5, 5.41) is 0. The molecule has 244 valence electrons. The Morgan fingerprint density at radius 2 is 0.979 bits per heavy atom. The number of rotatable bonds is 12. The predicted octanol–water partition coefficient (Wildman–Crippen LogP) is 6.01. The SMILES string of the molecule is CCCCC1=Cc2c(-c3ccc(OC)cc3)cccc2[CH]1[Zr+2]1([CH]2C(CCCC)=Cc3c(-c4ccc(OC)cc4)cccc32)[CH2][CH2]1.[Cl-].[Cl-]. The minimum absolute atomic E-state index is 0. The van der Waals surface area contributed by atoms with E-state index < -0.39 is 20.3 Å². The minimum Gasteiger partial charge on any atom is -1.00 e. The normalized spacial score (nSPS) is 17.5. The van der Waals surface area contributed by atoms with E-state index in [-0.39, 0.29) is 24.8 Å². The Hall–Kier alpha value is -2.58. The van der Waals surface area contributed by atoms with E-state index >= 15 is 0 Å². The van der Waals surface area contributed by atoms with Gasteiger partial charge in [-0.1, -0.05) is 0 Å². The van der Waals surface area contributed by atoms with Gasteiger partial charge in [0.05, 0.1) is 0 Å². The largest absolute Gasteiger partial charge is 1.00 e. The van der Waals surface area contributed by atoms with E-state index in [9.17, 15) is 0 Å². The van der Waals surface area contributed by atoms with Crippen molar-refractivity contribution >= 4 is 12.2 Å². The van der Waals surface area contributed by atoms with Gasteiger partial charge in [-0.25, -0.2) is 0 Å². The van der Waals surface area contributed by atoms with Crippen LogP contribution >= 0.6 is 0 Å². The molecule has 1 aliphatic heterocycles. The molecular weight excluding hydrogens is 699 g/mol. The zero-order valence-corrected chi connectivity index (χ0v) is 32.1. The van der Waals surface area contributed by atoms with Crippen molar-refractivity contribution < 1.29 is 54.6 Å². The third kappa shape index (κ3) is 6.58. The van der Waals surface area contributed by atoms with Gasteiger partial charge >= 0.3 is 276 Å². The first-order valence-corrected chi connectivity index (χ1v) is 23.4. The quantitative estimate of drug-likeness (QED) is 0.177. The summed E-state index contributed by atoms with van der Waals surface area (Å²) >= 11 is -2.79. The van der Waals surface area contributed by atoms with Crippen molar-refractivity contribution in [2.24, 2.45) is 0 Å². The number of ether oxygens (including phenoxy) is 2. The molecule has 0 spiro atoms. The third-order valence-corrected chi connectivity index (χ3v) is 23.8. The number of hydrogen-bond acceptors (Lipinski definition) is 2. The Kier molecular flexibility index (Phi) is 11.6. The number of allylic oxidation sites excluding steroid dienone is 2. The Balaban J connectivity index is 0.00000217. The maximum absolute atomic E-state index is 5.49. The van der Waals surface area contributed by atoms with Crippen molar-refractivity contribution in [2.45, 2.75) is 67.9 Å². The van der Waals surface area contributed by atoms with Gasteiger partial charge in [0.2, 0.25) is 0 Å². The third-order valence-electron chi connectivity index (χ3n) is 10.7. The van der Waals surface area contributed by atoms with Crippen molar-refractivity contribution in [1.29, 1.82) is 0 Å². The second kappa shape index (κ2) is 15.3. The zero-order valence-electron chi connectivity index (χ0n) is 28.1. The fraction of sp³-hybridized carbons (Fsp3) is 0.333. The molecule has 2 nitrogen and oxygen atoms in total. The van der Waals surface area contributed by atoms with Gasteiger partial charge < -0.3 is 24.8 Å². The van der Waals surface area contributed by atoms with E-state index in [4.69, 9.17) is 9.47 Å². The van der Waals surface area contributed by atoms with Gasteiger partial charge in [0.25, 0.3) is 0 Å². The molecule has 0 amide bonds. The minimum atomic E-state index is -2.79. The van der Waals surface area contributed by atoms with E-state index in [1.54, 1.807) is 36.5 Å². The molecule has 47 heavy (non-hydrogen) atoms. The van der Waals surface area contributed by atoms with Crippen LogP contribution in [-0.2, 0) is 20.3 Å². The molecule has 1 saturated heterocycles. The summed E-state index contributed by atoms with van der Waals surface area (Å²) in [6.07, 6.45) is 12.8. The molecule has 4 aromatic carbocycles. The van der Waals surface area contributed by atoms with Gasteiger partial charge in [-0.2, -0.15) is 0 Å². The first-order valence-electron chi connectivity index (χ1n) is 17.1. The van der Waals surface area contributed by atoms with Crippen LogP contribution in [0.15, 0.2) is 96.1 Å². The van der Waals surface area contributed by atoms with Crippen molar-refractivity contribution in [3.63, 3.8) is 0 Å². The van der Waals surface area contributed by atoms with E-state index in [1.807, 2.05) is 0 Å². The van der Waals surface area contributed by atoms with E-state index in [1.165, 1.54) is 80.2 Å². The molecule has 7 rings (SSSR count). The van der Waals surface area contributed by atoms with Gasteiger partial charge in [-0.3, -0.25) is 0 Å². The van der Waals surface area contributed by atoms with Gasteiger partial charge in [-0.15, -0.1) is 0 Å². The number of hydrogen-bond donors (Lipinski definition) is 0. The monoisotopic (exact) mass is 742 g/mol. The number of fused-ring (bicyclic) bond motifs is 2. The van der Waals surface area contributed by atoms with Crippen LogP contribution < -0.4 is 34.3 Å². The molecule has 5 heteroatoms. The Morgan fingerprint density at radius 3 is 1.32 bits per heavy atom. The molecule has 0 bridgehead atoms. The summed E-state index contributed by atoms with van der Waals surface area (Å²) in [4.78, 5) is 0. The van der Waals surface area contributed by atoms with Crippen LogP contribution in [0.4, 0.5) is 0 Å². The Labute approximate surface area is 298 Å². The van der Waals surface area contributed by atoms with Crippen LogP contribution in [-0.4, -0.2) is 14.2 Å². The molecule has 0 radical (unpaired) electrons. The molecule has 2 atom stereocenters. The van der Waals surface area contributed by atoms with Crippen LogP contribution in [0.1, 0.15) is 81.9 Å². The maximum Gasteiger partial charge on any atom is -1.00 e. The first kappa shape index (κ1) is 35.7. The number of unbranched alkanes of at least 4 members (excludes halogenated alkanes) is 2. The number of halogens is 2. The standard InChI is InChI=1S/2C20H21O.C2H4.2ClH.Zr/c2*1-3-4-6-15-13-17-7-5-8-19(20(17)14-15)16-9-11-18(21-2)12-10-16;1-2;;;/h2*5,7-14H,3-4,6H2,1-2H3;1-2H2;2*1H;/q;;;;;+2/p-2. The van der Waals surface area contributed by atoms with Gasteiger partial charge in [-0.05, 0) is 0 Å². The van der Waals surface area contributed by atoms with Crippen LogP contribution in [0.5, 0.6) is 11.5 Å². The smallest absolute Gasteiger partial charge is 1.00 e. The van der Waals surface area contributed by atoms with Crippen molar-refractivity contribution in [2.75, 3.05) is 14.2 Å². The molecule has 0 saturated carbocycles. The zero-order chi connectivity index (χ0) is 31.0. The van der Waals surface area contributed by atoms with Crippen molar-refractivity contribution in [3.8, 4) is 33.8 Å². The first-order chi connectivity index (χ1) is 22.1. The summed E-state index contributed by atoms with van der Waals surface area (Å²) < 4.78 is 15.3. The van der Waals surface area contributed by atoms with Crippen LogP contribution in [0.3, 0.4) is 0 Å². The molecule has 0 N–H and O–H groups in total. The van der Waals surface area contributed by atoms with E-state index in [0.717, 1.165) is 11.5 Å². The Morgan fingerprint density at radius 1 is 0.574 bits per heavy atom. The molecule has 1 heterocycles.